The number of ether oxygens (including phenoxy) is 1. The van der Waals surface area contributed by atoms with Crippen molar-refractivity contribution in [3.8, 4) is 5.75 Å². The summed E-state index contributed by atoms with van der Waals surface area (Å²) in [5, 5.41) is 8.43. The van der Waals surface area contributed by atoms with Gasteiger partial charge in [-0.2, -0.15) is 9.97 Å². The lowest BCUT2D eigenvalue weighted by atomic mass is 10.0. The zero-order chi connectivity index (χ0) is 28.4. The summed E-state index contributed by atoms with van der Waals surface area (Å²) in [5.41, 5.74) is 3.43. The van der Waals surface area contributed by atoms with Gasteiger partial charge in [-0.15, -0.1) is 0 Å². The van der Waals surface area contributed by atoms with E-state index in [-0.39, 0.29) is 6.10 Å². The maximum atomic E-state index is 12.9. The maximum absolute atomic E-state index is 12.9. The maximum Gasteiger partial charge on any atom is 0.231 e. The first-order valence-corrected chi connectivity index (χ1v) is 16.4. The predicted octanol–water partition coefficient (Wildman–Crippen LogP) is 6.01. The Morgan fingerprint density at radius 1 is 1.05 bits per heavy atom. The Kier molecular flexibility index (Phi) is 8.06. The van der Waals surface area contributed by atoms with Crippen LogP contribution in [0.3, 0.4) is 0 Å². The summed E-state index contributed by atoms with van der Waals surface area (Å²) >= 11 is 0. The molecule has 0 unspecified atom stereocenters. The zero-order valence-electron chi connectivity index (χ0n) is 24.2. The molecule has 3 heterocycles. The first-order valence-electron chi connectivity index (χ1n) is 13.8. The molecule has 2 aromatic carbocycles. The highest BCUT2D eigenvalue weighted by Gasteiger charge is 2.24. The molecule has 0 radical (unpaired) electrons. The molecule has 4 aromatic rings. The number of benzene rings is 2. The molecule has 0 amide bonds. The van der Waals surface area contributed by atoms with Crippen molar-refractivity contribution in [3.63, 3.8) is 0 Å². The van der Waals surface area contributed by atoms with Gasteiger partial charge in [0.15, 0.2) is 0 Å². The van der Waals surface area contributed by atoms with Gasteiger partial charge < -0.3 is 34.7 Å². The van der Waals surface area contributed by atoms with Crippen molar-refractivity contribution in [3.05, 3.63) is 54.7 Å². The number of nitrogens with one attached hydrogen (secondary N) is 3. The first kappa shape index (κ1) is 28.0. The van der Waals surface area contributed by atoms with E-state index in [1.54, 1.807) is 13.3 Å². The summed E-state index contributed by atoms with van der Waals surface area (Å²) in [7, 11) is 1.82. The summed E-state index contributed by atoms with van der Waals surface area (Å²) in [6.45, 7) is 9.64. The van der Waals surface area contributed by atoms with E-state index in [9.17, 15) is 4.57 Å². The molecule has 0 aliphatic carbocycles. The van der Waals surface area contributed by atoms with Crippen LogP contribution >= 0.6 is 7.14 Å². The largest absolute Gasteiger partial charge is 0.489 e. The van der Waals surface area contributed by atoms with Gasteiger partial charge in [0.2, 0.25) is 5.95 Å². The molecule has 1 saturated heterocycles. The van der Waals surface area contributed by atoms with Gasteiger partial charge in [0, 0.05) is 42.4 Å². The number of nitrogens with zero attached hydrogens (tertiary/aromatic N) is 4. The molecule has 1 aliphatic heterocycles. The van der Waals surface area contributed by atoms with Crippen LogP contribution in [-0.2, 0) is 4.57 Å². The number of para-hydroxylation sites is 1. The summed E-state index contributed by atoms with van der Waals surface area (Å²) in [4.78, 5) is 17.5. The van der Waals surface area contributed by atoms with Crippen LogP contribution in [0, 0.1) is 0 Å². The van der Waals surface area contributed by atoms with Gasteiger partial charge in [-0.3, -0.25) is 0 Å². The molecule has 212 valence electrons. The normalized spacial score (nSPS) is 14.8. The van der Waals surface area contributed by atoms with Crippen LogP contribution in [0.2, 0.25) is 0 Å². The molecule has 0 spiro atoms. The number of hydrogen-bond acceptors (Lipinski definition) is 8. The number of piperidine rings is 1. The minimum absolute atomic E-state index is 0.0452. The van der Waals surface area contributed by atoms with E-state index in [1.807, 2.05) is 56.4 Å². The Morgan fingerprint density at radius 3 is 2.50 bits per heavy atom. The van der Waals surface area contributed by atoms with Gasteiger partial charge in [0.1, 0.15) is 24.4 Å². The highest BCUT2D eigenvalue weighted by atomic mass is 31.2. The fourth-order valence-corrected chi connectivity index (χ4v) is 6.38. The number of hydrogen-bond donors (Lipinski definition) is 3. The van der Waals surface area contributed by atoms with Crippen molar-refractivity contribution in [2.45, 2.75) is 38.8 Å². The highest BCUT2D eigenvalue weighted by molar-refractivity contribution is 7.70. The van der Waals surface area contributed by atoms with Crippen molar-refractivity contribution in [2.24, 2.45) is 0 Å². The summed E-state index contributed by atoms with van der Waals surface area (Å²) in [6, 6.07) is 16.4. The topological polar surface area (TPSA) is 98.4 Å². The summed E-state index contributed by atoms with van der Waals surface area (Å²) in [5.74, 6) is 1.92. The first-order chi connectivity index (χ1) is 19.1. The lowest BCUT2D eigenvalue weighted by Crippen LogP contribution is -2.42. The fraction of sp³-hybridized carbons (Fsp3) is 0.400. The van der Waals surface area contributed by atoms with Crippen LogP contribution in [-0.4, -0.2) is 72.5 Å². The van der Waals surface area contributed by atoms with E-state index in [0.29, 0.717) is 23.5 Å². The molecular formula is C30H40N7O2P. The smallest absolute Gasteiger partial charge is 0.231 e. The third kappa shape index (κ3) is 6.26. The van der Waals surface area contributed by atoms with Gasteiger partial charge in [-0.05, 0) is 84.4 Å². The monoisotopic (exact) mass is 561 g/mol. The quantitative estimate of drug-likeness (QED) is 0.214. The third-order valence-electron chi connectivity index (χ3n) is 7.27. The van der Waals surface area contributed by atoms with E-state index in [1.165, 1.54) is 0 Å². The number of anilines is 5. The van der Waals surface area contributed by atoms with E-state index in [2.05, 4.69) is 51.6 Å². The van der Waals surface area contributed by atoms with E-state index in [4.69, 9.17) is 14.7 Å². The van der Waals surface area contributed by atoms with Crippen LogP contribution in [0.5, 0.6) is 5.75 Å². The minimum Gasteiger partial charge on any atom is -0.489 e. The average molecular weight is 562 g/mol. The number of rotatable bonds is 9. The highest BCUT2D eigenvalue weighted by Crippen LogP contribution is 2.39. The van der Waals surface area contributed by atoms with Gasteiger partial charge >= 0.3 is 0 Å². The van der Waals surface area contributed by atoms with Crippen LogP contribution in [0.15, 0.2) is 54.7 Å². The number of aromatic nitrogens is 3. The standard InChI is InChI=1S/C30H40N7O2P/c1-20(2)39-26-19-21(11-12-25(26)37-17-14-22(15-18-37)36(3)4)32-30-34-28-23(13-16-31-28)29(35-30)33-24-9-7-8-10-27(24)40(5,6)38/h7-13,16,19-20,22H,14-15,17-18H2,1-6H3,(H3,31,32,33,34,35). The molecule has 5 rings (SSSR count). The SMILES string of the molecule is CC(C)Oc1cc(Nc2nc(Nc3ccccc3P(C)(C)=O)c3cc[nH]c3n2)ccc1N1CCC(N(C)C)CC1. The number of fused-ring (bicyclic) bond motifs is 1. The minimum atomic E-state index is -2.50. The molecule has 0 bridgehead atoms. The van der Waals surface area contributed by atoms with Crippen LogP contribution in [0.1, 0.15) is 26.7 Å². The zero-order valence-corrected chi connectivity index (χ0v) is 25.1. The van der Waals surface area contributed by atoms with Crippen molar-refractivity contribution in [2.75, 3.05) is 56.0 Å². The lowest BCUT2D eigenvalue weighted by Gasteiger charge is -2.37. The molecule has 1 aliphatic rings. The molecule has 0 atom stereocenters. The molecule has 2 aromatic heterocycles. The lowest BCUT2D eigenvalue weighted by molar-refractivity contribution is 0.237. The summed E-state index contributed by atoms with van der Waals surface area (Å²) in [6.07, 6.45) is 4.14. The van der Waals surface area contributed by atoms with Gasteiger partial charge in [-0.1, -0.05) is 12.1 Å². The second-order valence-corrected chi connectivity index (χ2v) is 14.5. The summed E-state index contributed by atoms with van der Waals surface area (Å²) < 4.78 is 19.2. The predicted molar refractivity (Wildman–Crippen MR) is 167 cm³/mol. The van der Waals surface area contributed by atoms with E-state index in [0.717, 1.165) is 59.4 Å². The number of H-pyrrole nitrogens is 1. The van der Waals surface area contributed by atoms with E-state index >= 15 is 0 Å². The Hall–Kier alpha value is -3.55. The van der Waals surface area contributed by atoms with Crippen molar-refractivity contribution in [1.82, 2.24) is 19.9 Å². The van der Waals surface area contributed by atoms with Crippen molar-refractivity contribution < 1.29 is 9.30 Å². The molecule has 10 heteroatoms. The molecule has 9 nitrogen and oxygen atoms in total. The van der Waals surface area contributed by atoms with Crippen molar-refractivity contribution in [1.29, 1.82) is 0 Å². The second-order valence-electron chi connectivity index (χ2n) is 11.3. The Balaban J connectivity index is 1.43. The van der Waals surface area contributed by atoms with E-state index < -0.39 is 7.14 Å². The third-order valence-corrected chi connectivity index (χ3v) is 8.82. The van der Waals surface area contributed by atoms with Crippen LogP contribution < -0.4 is 25.6 Å². The fourth-order valence-electron chi connectivity index (χ4n) is 5.22. The molecular weight excluding hydrogens is 521 g/mol. The van der Waals surface area contributed by atoms with Gasteiger partial charge in [0.25, 0.3) is 0 Å². The average Bonchev–Trinajstić information content (AvgIpc) is 3.37. The van der Waals surface area contributed by atoms with Gasteiger partial charge in [-0.25, -0.2) is 0 Å². The van der Waals surface area contributed by atoms with Crippen LogP contribution in [0.25, 0.3) is 11.0 Å². The molecule has 1 fully saturated rings. The molecule has 3 N–H and O–H groups in total. The van der Waals surface area contributed by atoms with Crippen molar-refractivity contribution >= 4 is 52.3 Å². The Bertz CT molecular complexity index is 1520. The number of aromatic amines is 1. The Morgan fingerprint density at radius 2 is 1.80 bits per heavy atom. The molecule has 0 saturated carbocycles. The second kappa shape index (κ2) is 11.5. The molecule has 40 heavy (non-hydrogen) atoms. The Labute approximate surface area is 236 Å². The van der Waals surface area contributed by atoms with Gasteiger partial charge in [0.05, 0.1) is 22.9 Å². The van der Waals surface area contributed by atoms with Crippen LogP contribution in [0.4, 0.5) is 28.8 Å².